The number of benzene rings is 2. The van der Waals surface area contributed by atoms with Crippen LogP contribution in [0.25, 0.3) is 0 Å². The maximum atomic E-state index is 13.2. The Labute approximate surface area is 216 Å². The van der Waals surface area contributed by atoms with Crippen LogP contribution in [0.4, 0.5) is 0 Å². The average molecular weight is 498 g/mol. The van der Waals surface area contributed by atoms with Crippen LogP contribution in [0.15, 0.2) is 54.6 Å². The second kappa shape index (κ2) is 16.8. The number of carbonyl (C=O) groups is 2. The van der Waals surface area contributed by atoms with E-state index in [9.17, 15) is 14.7 Å². The molecule has 0 saturated heterocycles. The van der Waals surface area contributed by atoms with Gasteiger partial charge in [0.2, 0.25) is 0 Å². The summed E-state index contributed by atoms with van der Waals surface area (Å²) in [7, 11) is 0. The Hall–Kier alpha value is -2.74. The van der Waals surface area contributed by atoms with Crippen molar-refractivity contribution in [3.8, 4) is 0 Å². The highest BCUT2D eigenvalue weighted by atomic mass is 16.5. The van der Waals surface area contributed by atoms with E-state index in [1.165, 1.54) is 0 Å². The molecule has 2 aromatic carbocycles. The van der Waals surface area contributed by atoms with E-state index in [1.807, 2.05) is 49.1 Å². The molecule has 2 amide bonds. The first-order valence-corrected chi connectivity index (χ1v) is 13.2. The average Bonchev–Trinajstić information content (AvgIpc) is 2.90. The highest BCUT2D eigenvalue weighted by molar-refractivity contribution is 5.99. The molecule has 0 radical (unpaired) electrons. The van der Waals surface area contributed by atoms with Gasteiger partial charge in [-0.05, 0) is 49.4 Å². The molecule has 0 aliphatic heterocycles. The van der Waals surface area contributed by atoms with E-state index >= 15 is 0 Å². The van der Waals surface area contributed by atoms with Crippen molar-refractivity contribution in [2.24, 2.45) is 0 Å². The molecule has 2 rings (SSSR count). The third-order valence-corrected chi connectivity index (χ3v) is 5.85. The van der Waals surface area contributed by atoms with Crippen molar-refractivity contribution >= 4 is 11.8 Å². The Morgan fingerprint density at radius 2 is 1.61 bits per heavy atom. The normalized spacial score (nSPS) is 12.7. The first-order chi connectivity index (χ1) is 17.5. The minimum atomic E-state index is -0.797. The minimum absolute atomic E-state index is 0.0660. The number of hydrogen-bond acceptors (Lipinski definition) is 5. The van der Waals surface area contributed by atoms with Gasteiger partial charge in [-0.3, -0.25) is 9.59 Å². The summed E-state index contributed by atoms with van der Waals surface area (Å²) in [6, 6.07) is 16.1. The van der Waals surface area contributed by atoms with Crippen LogP contribution in [-0.4, -0.2) is 73.4 Å². The van der Waals surface area contributed by atoms with Crippen LogP contribution in [-0.2, 0) is 11.2 Å². The predicted molar refractivity (Wildman–Crippen MR) is 144 cm³/mol. The predicted octanol–water partition coefficient (Wildman–Crippen LogP) is 3.67. The third kappa shape index (κ3) is 10.1. The molecule has 0 aliphatic carbocycles. The lowest BCUT2D eigenvalue weighted by Gasteiger charge is -2.25. The molecule has 7 heteroatoms. The second-order valence-electron chi connectivity index (χ2n) is 9.03. The van der Waals surface area contributed by atoms with Gasteiger partial charge >= 0.3 is 0 Å². The van der Waals surface area contributed by atoms with Crippen LogP contribution >= 0.6 is 0 Å². The van der Waals surface area contributed by atoms with Gasteiger partial charge in [0.05, 0.1) is 18.8 Å². The Balaban J connectivity index is 2.10. The van der Waals surface area contributed by atoms with Crippen LogP contribution in [0, 0.1) is 0 Å². The number of ether oxygens (including phenoxy) is 1. The van der Waals surface area contributed by atoms with E-state index in [-0.39, 0.29) is 11.8 Å². The standard InChI is InChI=1S/C29H43N3O4/c1-4-16-32(17-5-2)29(35)25-14-10-13-24(21-25)28(34)31-26(20-23-11-8-7-9-12-23)27(33)22-30-15-19-36-18-6-3/h7-14,21,26-27,30,33H,4-6,15-20,22H2,1-3H3,(H,31,34)/t26-,27+/m0/s1. The van der Waals surface area contributed by atoms with Gasteiger partial charge in [0.25, 0.3) is 11.8 Å². The number of aliphatic hydroxyl groups is 1. The van der Waals surface area contributed by atoms with Gasteiger partial charge in [-0.15, -0.1) is 0 Å². The molecule has 0 heterocycles. The second-order valence-corrected chi connectivity index (χ2v) is 9.03. The van der Waals surface area contributed by atoms with Crippen molar-refractivity contribution in [2.75, 3.05) is 39.4 Å². The molecule has 2 aromatic rings. The van der Waals surface area contributed by atoms with E-state index < -0.39 is 12.1 Å². The zero-order valence-corrected chi connectivity index (χ0v) is 22.0. The summed E-state index contributed by atoms with van der Waals surface area (Å²) in [4.78, 5) is 28.1. The van der Waals surface area contributed by atoms with Gasteiger partial charge in [-0.2, -0.15) is 0 Å². The summed E-state index contributed by atoms with van der Waals surface area (Å²) < 4.78 is 5.48. The lowest BCUT2D eigenvalue weighted by molar-refractivity contribution is 0.0755. The SMILES string of the molecule is CCCOCCNC[C@@H](O)[C@H](Cc1ccccc1)NC(=O)c1cccc(C(=O)N(CCC)CCC)c1. The molecular formula is C29H43N3O4. The number of carbonyl (C=O) groups excluding carboxylic acids is 2. The monoisotopic (exact) mass is 497 g/mol. The smallest absolute Gasteiger partial charge is 0.253 e. The largest absolute Gasteiger partial charge is 0.390 e. The van der Waals surface area contributed by atoms with Crippen molar-refractivity contribution in [3.63, 3.8) is 0 Å². The van der Waals surface area contributed by atoms with Crippen LogP contribution < -0.4 is 10.6 Å². The molecule has 3 N–H and O–H groups in total. The van der Waals surface area contributed by atoms with E-state index in [4.69, 9.17) is 4.74 Å². The highest BCUT2D eigenvalue weighted by Gasteiger charge is 2.23. The molecule has 7 nitrogen and oxygen atoms in total. The number of nitrogens with zero attached hydrogens (tertiary/aromatic N) is 1. The summed E-state index contributed by atoms with van der Waals surface area (Å²) in [5.74, 6) is -0.378. The molecule has 0 aliphatic rings. The Kier molecular flexibility index (Phi) is 13.8. The zero-order valence-electron chi connectivity index (χ0n) is 22.0. The maximum Gasteiger partial charge on any atom is 0.253 e. The Morgan fingerprint density at radius 3 is 2.28 bits per heavy atom. The van der Waals surface area contributed by atoms with Gasteiger partial charge in [0.15, 0.2) is 0 Å². The lowest BCUT2D eigenvalue weighted by atomic mass is 10.00. The molecule has 36 heavy (non-hydrogen) atoms. The number of hydrogen-bond donors (Lipinski definition) is 3. The fourth-order valence-corrected chi connectivity index (χ4v) is 4.02. The van der Waals surface area contributed by atoms with Crippen molar-refractivity contribution in [1.82, 2.24) is 15.5 Å². The number of aliphatic hydroxyl groups excluding tert-OH is 1. The molecule has 0 unspecified atom stereocenters. The maximum absolute atomic E-state index is 13.2. The van der Waals surface area contributed by atoms with Crippen LogP contribution in [0.5, 0.6) is 0 Å². The highest BCUT2D eigenvalue weighted by Crippen LogP contribution is 2.12. The molecule has 198 valence electrons. The third-order valence-electron chi connectivity index (χ3n) is 5.85. The zero-order chi connectivity index (χ0) is 26.2. The fraction of sp³-hybridized carbons (Fsp3) is 0.517. The molecule has 0 aromatic heterocycles. The van der Waals surface area contributed by atoms with E-state index in [0.717, 1.165) is 24.8 Å². The number of nitrogens with one attached hydrogen (secondary N) is 2. The summed E-state index contributed by atoms with van der Waals surface area (Å²) in [5.41, 5.74) is 1.92. The van der Waals surface area contributed by atoms with E-state index in [0.29, 0.717) is 56.9 Å². The first-order valence-electron chi connectivity index (χ1n) is 13.2. The van der Waals surface area contributed by atoms with Gasteiger partial charge in [0.1, 0.15) is 0 Å². The quantitative estimate of drug-likeness (QED) is 0.290. The molecular weight excluding hydrogens is 454 g/mol. The topological polar surface area (TPSA) is 90.9 Å². The van der Waals surface area contributed by atoms with Crippen molar-refractivity contribution in [3.05, 3.63) is 71.3 Å². The number of amides is 2. The first kappa shape index (κ1) is 29.5. The fourth-order valence-electron chi connectivity index (χ4n) is 4.02. The molecule has 0 spiro atoms. The molecule has 2 atom stereocenters. The van der Waals surface area contributed by atoms with Crippen LogP contribution in [0.2, 0.25) is 0 Å². The minimum Gasteiger partial charge on any atom is -0.390 e. The van der Waals surface area contributed by atoms with Gasteiger partial charge in [-0.25, -0.2) is 0 Å². The lowest BCUT2D eigenvalue weighted by Crippen LogP contribution is -2.49. The van der Waals surface area contributed by atoms with Gasteiger partial charge < -0.3 is 25.4 Å². The van der Waals surface area contributed by atoms with Gasteiger partial charge in [-0.1, -0.05) is 57.2 Å². The molecule has 0 saturated carbocycles. The van der Waals surface area contributed by atoms with Crippen molar-refractivity contribution in [1.29, 1.82) is 0 Å². The van der Waals surface area contributed by atoms with Crippen molar-refractivity contribution < 1.29 is 19.4 Å². The number of rotatable bonds is 17. The Bertz CT molecular complexity index is 900. The van der Waals surface area contributed by atoms with Crippen LogP contribution in [0.3, 0.4) is 0 Å². The van der Waals surface area contributed by atoms with Crippen LogP contribution in [0.1, 0.15) is 66.3 Å². The Morgan fingerprint density at radius 1 is 0.917 bits per heavy atom. The molecule has 0 fully saturated rings. The summed E-state index contributed by atoms with van der Waals surface area (Å²) in [6.45, 7) is 9.77. The summed E-state index contributed by atoms with van der Waals surface area (Å²) in [5, 5.41) is 17.1. The molecule has 0 bridgehead atoms. The van der Waals surface area contributed by atoms with Gasteiger partial charge in [0, 0.05) is 43.9 Å². The summed E-state index contributed by atoms with van der Waals surface area (Å²) in [6.07, 6.45) is 2.42. The van der Waals surface area contributed by atoms with E-state index in [2.05, 4.69) is 17.6 Å². The van der Waals surface area contributed by atoms with E-state index in [1.54, 1.807) is 24.3 Å². The van der Waals surface area contributed by atoms with Crippen molar-refractivity contribution in [2.45, 2.75) is 58.6 Å². The summed E-state index contributed by atoms with van der Waals surface area (Å²) >= 11 is 0.